The van der Waals surface area contributed by atoms with Crippen LogP contribution in [0.1, 0.15) is 0 Å². The molecule has 0 aliphatic carbocycles. The molecule has 0 spiro atoms. The van der Waals surface area contributed by atoms with E-state index >= 15 is 0 Å². The summed E-state index contributed by atoms with van der Waals surface area (Å²) < 4.78 is 0. The molecule has 0 N–H and O–H groups in total. The molecule has 0 atom stereocenters. The van der Waals surface area contributed by atoms with Crippen LogP contribution >= 0.6 is 23.2 Å². The fourth-order valence-electron chi connectivity index (χ4n) is 1.81. The molecular weight excluding hydrogens is 293 g/mol. The van der Waals surface area contributed by atoms with Gasteiger partial charge in [-0.3, -0.25) is 4.98 Å². The Morgan fingerprint density at radius 1 is 0.850 bits per heavy atom. The molecule has 0 aliphatic heterocycles. The highest BCUT2D eigenvalue weighted by molar-refractivity contribution is 6.30. The molecule has 0 saturated carbocycles. The Labute approximate surface area is 126 Å². The van der Waals surface area contributed by atoms with E-state index < -0.39 is 0 Å². The van der Waals surface area contributed by atoms with Gasteiger partial charge < -0.3 is 0 Å². The monoisotopic (exact) mass is 301 g/mol. The van der Waals surface area contributed by atoms with E-state index in [2.05, 4.69) is 15.0 Å². The molecule has 0 amide bonds. The Morgan fingerprint density at radius 3 is 2.35 bits per heavy atom. The first kappa shape index (κ1) is 13.0. The first-order valence-corrected chi connectivity index (χ1v) is 6.69. The van der Waals surface area contributed by atoms with Crippen LogP contribution in [0, 0.1) is 0 Å². The topological polar surface area (TPSA) is 38.7 Å². The molecule has 0 bridgehead atoms. The number of aromatic nitrogens is 3. The molecule has 2 aromatic heterocycles. The zero-order valence-corrected chi connectivity index (χ0v) is 11.8. The summed E-state index contributed by atoms with van der Waals surface area (Å²) in [6.45, 7) is 0. The Balaban J connectivity index is 2.09. The van der Waals surface area contributed by atoms with Crippen LogP contribution in [0.2, 0.25) is 10.2 Å². The second kappa shape index (κ2) is 5.57. The molecule has 0 radical (unpaired) electrons. The lowest BCUT2D eigenvalue weighted by molar-refractivity contribution is 1.17. The van der Waals surface area contributed by atoms with Crippen molar-refractivity contribution in [1.29, 1.82) is 0 Å². The Bertz CT molecular complexity index is 728. The van der Waals surface area contributed by atoms with E-state index in [1.165, 1.54) is 0 Å². The minimum Gasteiger partial charge on any atom is -0.264 e. The zero-order valence-electron chi connectivity index (χ0n) is 10.3. The summed E-state index contributed by atoms with van der Waals surface area (Å²) in [5.41, 5.74) is 2.50. The molecule has 2 heterocycles. The van der Waals surface area contributed by atoms with Crippen LogP contribution in [0.25, 0.3) is 22.6 Å². The maximum Gasteiger partial charge on any atom is 0.161 e. The Hall–Kier alpha value is -1.97. The normalized spacial score (nSPS) is 10.5. The average molecular weight is 302 g/mol. The smallest absolute Gasteiger partial charge is 0.161 e. The fraction of sp³-hybridized carbons (Fsp3) is 0. The van der Waals surface area contributed by atoms with Gasteiger partial charge in [0.15, 0.2) is 5.82 Å². The molecule has 0 saturated heterocycles. The SMILES string of the molecule is Clc1ccc(-c2nc(Cl)cc(-c3cccnc3)n2)cc1. The van der Waals surface area contributed by atoms with Gasteiger partial charge in [0, 0.05) is 34.6 Å². The molecule has 0 unspecified atom stereocenters. The van der Waals surface area contributed by atoms with E-state index in [1.54, 1.807) is 30.6 Å². The van der Waals surface area contributed by atoms with Crippen molar-refractivity contribution in [3.63, 3.8) is 0 Å². The van der Waals surface area contributed by atoms with Gasteiger partial charge in [0.1, 0.15) is 5.15 Å². The predicted octanol–water partition coefficient (Wildman–Crippen LogP) is 4.51. The van der Waals surface area contributed by atoms with Crippen molar-refractivity contribution in [3.8, 4) is 22.6 Å². The number of hydrogen-bond donors (Lipinski definition) is 0. The van der Waals surface area contributed by atoms with Gasteiger partial charge in [-0.25, -0.2) is 9.97 Å². The van der Waals surface area contributed by atoms with Gasteiger partial charge in [-0.2, -0.15) is 0 Å². The first-order valence-electron chi connectivity index (χ1n) is 5.93. The zero-order chi connectivity index (χ0) is 13.9. The van der Waals surface area contributed by atoms with Gasteiger partial charge >= 0.3 is 0 Å². The van der Waals surface area contributed by atoms with Gasteiger partial charge in [0.05, 0.1) is 5.69 Å². The molecule has 3 rings (SSSR count). The number of pyridine rings is 1. The third-order valence-electron chi connectivity index (χ3n) is 2.75. The van der Waals surface area contributed by atoms with Crippen LogP contribution in [-0.2, 0) is 0 Å². The van der Waals surface area contributed by atoms with Gasteiger partial charge in [-0.1, -0.05) is 23.2 Å². The summed E-state index contributed by atoms with van der Waals surface area (Å²) in [6.07, 6.45) is 3.46. The van der Waals surface area contributed by atoms with E-state index in [-0.39, 0.29) is 0 Å². The second-order valence-electron chi connectivity index (χ2n) is 4.15. The molecular formula is C15H9Cl2N3. The highest BCUT2D eigenvalue weighted by Gasteiger charge is 2.07. The van der Waals surface area contributed by atoms with Gasteiger partial charge in [0.2, 0.25) is 0 Å². The third-order valence-corrected chi connectivity index (χ3v) is 3.20. The highest BCUT2D eigenvalue weighted by atomic mass is 35.5. The molecule has 0 fully saturated rings. The Kier molecular flexibility index (Phi) is 3.63. The van der Waals surface area contributed by atoms with Crippen molar-refractivity contribution in [2.45, 2.75) is 0 Å². The summed E-state index contributed by atoms with van der Waals surface area (Å²) in [7, 11) is 0. The number of hydrogen-bond acceptors (Lipinski definition) is 3. The van der Waals surface area contributed by atoms with Gasteiger partial charge in [-0.05, 0) is 36.4 Å². The molecule has 5 heteroatoms. The second-order valence-corrected chi connectivity index (χ2v) is 4.97. The Morgan fingerprint density at radius 2 is 1.65 bits per heavy atom. The molecule has 3 aromatic rings. The molecule has 0 aliphatic rings. The van der Waals surface area contributed by atoms with E-state index in [0.717, 1.165) is 16.8 Å². The van der Waals surface area contributed by atoms with Crippen molar-refractivity contribution in [1.82, 2.24) is 15.0 Å². The summed E-state index contributed by atoms with van der Waals surface area (Å²) in [5.74, 6) is 0.563. The lowest BCUT2D eigenvalue weighted by Gasteiger charge is -2.05. The fourth-order valence-corrected chi connectivity index (χ4v) is 2.12. The summed E-state index contributed by atoms with van der Waals surface area (Å²) in [5, 5.41) is 1.06. The maximum atomic E-state index is 6.08. The third kappa shape index (κ3) is 2.79. The number of rotatable bonds is 2. The standard InChI is InChI=1S/C15H9Cl2N3/c16-12-5-3-10(4-6-12)15-19-13(8-14(17)20-15)11-2-1-7-18-9-11/h1-9H. The minimum atomic E-state index is 0.392. The number of nitrogens with zero attached hydrogens (tertiary/aromatic N) is 3. The summed E-state index contributed by atoms with van der Waals surface area (Å²) >= 11 is 12.0. The minimum absolute atomic E-state index is 0.392. The van der Waals surface area contributed by atoms with E-state index in [4.69, 9.17) is 23.2 Å². The highest BCUT2D eigenvalue weighted by Crippen LogP contribution is 2.24. The molecule has 3 nitrogen and oxygen atoms in total. The van der Waals surface area contributed by atoms with Gasteiger partial charge in [-0.15, -0.1) is 0 Å². The van der Waals surface area contributed by atoms with Crippen LogP contribution in [0.4, 0.5) is 0 Å². The van der Waals surface area contributed by atoms with Crippen LogP contribution in [0.3, 0.4) is 0 Å². The van der Waals surface area contributed by atoms with Crippen LogP contribution in [-0.4, -0.2) is 15.0 Å². The number of benzene rings is 1. The quantitative estimate of drug-likeness (QED) is 0.654. The lowest BCUT2D eigenvalue weighted by atomic mass is 10.2. The van der Waals surface area contributed by atoms with Crippen molar-refractivity contribution < 1.29 is 0 Å². The predicted molar refractivity (Wildman–Crippen MR) is 80.7 cm³/mol. The van der Waals surface area contributed by atoms with Crippen molar-refractivity contribution in [3.05, 3.63) is 65.0 Å². The van der Waals surface area contributed by atoms with Crippen molar-refractivity contribution >= 4 is 23.2 Å². The van der Waals surface area contributed by atoms with Crippen LogP contribution in [0.5, 0.6) is 0 Å². The van der Waals surface area contributed by atoms with E-state index in [1.807, 2.05) is 24.3 Å². The van der Waals surface area contributed by atoms with Gasteiger partial charge in [0.25, 0.3) is 0 Å². The van der Waals surface area contributed by atoms with Crippen LogP contribution in [0.15, 0.2) is 54.9 Å². The van der Waals surface area contributed by atoms with Crippen LogP contribution < -0.4 is 0 Å². The molecule has 98 valence electrons. The largest absolute Gasteiger partial charge is 0.264 e. The average Bonchev–Trinajstić information content (AvgIpc) is 2.48. The van der Waals surface area contributed by atoms with E-state index in [0.29, 0.717) is 16.0 Å². The molecule has 1 aromatic carbocycles. The van der Waals surface area contributed by atoms with Crippen molar-refractivity contribution in [2.24, 2.45) is 0 Å². The summed E-state index contributed by atoms with van der Waals surface area (Å²) in [4.78, 5) is 12.9. The maximum absolute atomic E-state index is 6.08. The van der Waals surface area contributed by atoms with Crippen molar-refractivity contribution in [2.75, 3.05) is 0 Å². The molecule has 20 heavy (non-hydrogen) atoms. The summed E-state index contributed by atoms with van der Waals surface area (Å²) in [6, 6.07) is 12.8. The number of halogens is 2. The first-order chi connectivity index (χ1) is 9.72. The van der Waals surface area contributed by atoms with E-state index in [9.17, 15) is 0 Å². The lowest BCUT2D eigenvalue weighted by Crippen LogP contribution is -1.93.